The number of rotatable bonds is 6. The summed E-state index contributed by atoms with van der Waals surface area (Å²) >= 11 is 1.85. The van der Waals surface area contributed by atoms with Crippen molar-refractivity contribution in [3.8, 4) is 0 Å². The fourth-order valence-corrected chi connectivity index (χ4v) is 3.48. The summed E-state index contributed by atoms with van der Waals surface area (Å²) < 4.78 is 0. The monoisotopic (exact) mass is 286 g/mol. The first-order valence-corrected chi connectivity index (χ1v) is 8.25. The topological polar surface area (TPSA) is 24.9 Å². The van der Waals surface area contributed by atoms with E-state index in [0.29, 0.717) is 5.92 Å². The smallest absolute Gasteiger partial charge is 0.0937 e. The molecular formula is C17H22N2S. The lowest BCUT2D eigenvalue weighted by atomic mass is 9.96. The molecule has 0 aliphatic heterocycles. The second-order valence-electron chi connectivity index (χ2n) is 5.74. The van der Waals surface area contributed by atoms with Crippen molar-refractivity contribution in [2.24, 2.45) is 0 Å². The van der Waals surface area contributed by atoms with Crippen LogP contribution in [0, 0.1) is 13.8 Å². The summed E-state index contributed by atoms with van der Waals surface area (Å²) in [7, 11) is 0. The van der Waals surface area contributed by atoms with Gasteiger partial charge in [-0.2, -0.15) is 0 Å². The van der Waals surface area contributed by atoms with Gasteiger partial charge in [-0.05, 0) is 32.3 Å². The molecule has 20 heavy (non-hydrogen) atoms. The summed E-state index contributed by atoms with van der Waals surface area (Å²) in [5, 5.41) is 4.94. The fraction of sp³-hybridized carbons (Fsp3) is 0.471. The predicted octanol–water partition coefficient (Wildman–Crippen LogP) is 3.84. The lowest BCUT2D eigenvalue weighted by Crippen LogP contribution is -2.24. The molecule has 1 aliphatic rings. The second kappa shape index (κ2) is 6.06. The standard InChI is InChI=1S/C17H22N2S/c1-12-13(2)20-17(19-12)10-15(11-18-16-8-9-16)14-6-4-3-5-7-14/h3-7,15-16,18H,8-11H2,1-2H3. The first-order valence-electron chi connectivity index (χ1n) is 7.43. The van der Waals surface area contributed by atoms with Crippen LogP contribution in [0.5, 0.6) is 0 Å². The van der Waals surface area contributed by atoms with Crippen LogP contribution in [0.4, 0.5) is 0 Å². The molecule has 0 bridgehead atoms. The van der Waals surface area contributed by atoms with Gasteiger partial charge in [0.1, 0.15) is 0 Å². The van der Waals surface area contributed by atoms with Gasteiger partial charge in [-0.25, -0.2) is 4.98 Å². The molecule has 1 heterocycles. The highest BCUT2D eigenvalue weighted by Crippen LogP contribution is 2.26. The molecule has 0 spiro atoms. The Balaban J connectivity index is 1.73. The van der Waals surface area contributed by atoms with Crippen LogP contribution >= 0.6 is 11.3 Å². The maximum absolute atomic E-state index is 4.71. The zero-order valence-electron chi connectivity index (χ0n) is 12.2. The van der Waals surface area contributed by atoms with Crippen LogP contribution in [0.2, 0.25) is 0 Å². The minimum atomic E-state index is 0.529. The molecule has 3 rings (SSSR count). The fourth-order valence-electron chi connectivity index (χ4n) is 2.47. The van der Waals surface area contributed by atoms with E-state index in [1.807, 2.05) is 11.3 Å². The number of nitrogens with zero attached hydrogens (tertiary/aromatic N) is 1. The molecule has 1 aromatic heterocycles. The molecular weight excluding hydrogens is 264 g/mol. The van der Waals surface area contributed by atoms with E-state index in [0.717, 1.165) is 19.0 Å². The Morgan fingerprint density at radius 2 is 2.00 bits per heavy atom. The van der Waals surface area contributed by atoms with Crippen molar-refractivity contribution in [2.45, 2.75) is 45.1 Å². The Morgan fingerprint density at radius 3 is 2.60 bits per heavy atom. The van der Waals surface area contributed by atoms with Gasteiger partial charge in [0.05, 0.1) is 10.7 Å². The van der Waals surface area contributed by atoms with Crippen molar-refractivity contribution >= 4 is 11.3 Å². The lowest BCUT2D eigenvalue weighted by molar-refractivity contribution is 0.576. The third-order valence-corrected chi connectivity index (χ3v) is 5.09. The first-order chi connectivity index (χ1) is 9.72. The number of nitrogens with one attached hydrogen (secondary N) is 1. The zero-order chi connectivity index (χ0) is 13.9. The molecule has 2 aromatic rings. The normalized spacial score (nSPS) is 16.3. The van der Waals surface area contributed by atoms with Gasteiger partial charge in [-0.3, -0.25) is 0 Å². The van der Waals surface area contributed by atoms with E-state index >= 15 is 0 Å². The number of hydrogen-bond acceptors (Lipinski definition) is 3. The third-order valence-electron chi connectivity index (χ3n) is 4.00. The highest BCUT2D eigenvalue weighted by Gasteiger charge is 2.23. The van der Waals surface area contributed by atoms with Crippen molar-refractivity contribution in [3.05, 3.63) is 51.5 Å². The molecule has 2 nitrogen and oxygen atoms in total. The summed E-state index contributed by atoms with van der Waals surface area (Å²) in [4.78, 5) is 6.06. The van der Waals surface area contributed by atoms with E-state index < -0.39 is 0 Å². The lowest BCUT2D eigenvalue weighted by Gasteiger charge is -2.17. The quantitative estimate of drug-likeness (QED) is 0.873. The molecule has 106 valence electrons. The molecule has 0 radical (unpaired) electrons. The Morgan fingerprint density at radius 1 is 1.25 bits per heavy atom. The van der Waals surface area contributed by atoms with Crippen LogP contribution in [0.1, 0.15) is 39.9 Å². The number of hydrogen-bond donors (Lipinski definition) is 1. The summed E-state index contributed by atoms with van der Waals surface area (Å²) in [6.45, 7) is 5.33. The van der Waals surface area contributed by atoms with Crippen molar-refractivity contribution in [1.82, 2.24) is 10.3 Å². The van der Waals surface area contributed by atoms with Crippen LogP contribution in [0.3, 0.4) is 0 Å². The van der Waals surface area contributed by atoms with Gasteiger partial charge in [0.15, 0.2) is 0 Å². The van der Waals surface area contributed by atoms with Gasteiger partial charge in [0, 0.05) is 29.8 Å². The van der Waals surface area contributed by atoms with E-state index in [1.54, 1.807) is 0 Å². The maximum Gasteiger partial charge on any atom is 0.0937 e. The SMILES string of the molecule is Cc1nc(CC(CNC2CC2)c2ccccc2)sc1C. The highest BCUT2D eigenvalue weighted by atomic mass is 32.1. The molecule has 1 saturated carbocycles. The Bertz CT molecular complexity index is 538. The molecule has 1 aliphatic carbocycles. The van der Waals surface area contributed by atoms with E-state index in [9.17, 15) is 0 Å². The largest absolute Gasteiger partial charge is 0.313 e. The van der Waals surface area contributed by atoms with Gasteiger partial charge in [0.2, 0.25) is 0 Å². The van der Waals surface area contributed by atoms with E-state index in [-0.39, 0.29) is 0 Å². The van der Waals surface area contributed by atoms with Gasteiger partial charge < -0.3 is 5.32 Å². The van der Waals surface area contributed by atoms with Crippen LogP contribution in [0.15, 0.2) is 30.3 Å². The molecule has 3 heteroatoms. The second-order valence-corrected chi connectivity index (χ2v) is 7.03. The van der Waals surface area contributed by atoms with Gasteiger partial charge in [-0.1, -0.05) is 30.3 Å². The molecule has 1 fully saturated rings. The predicted molar refractivity (Wildman–Crippen MR) is 85.5 cm³/mol. The molecule has 0 amide bonds. The zero-order valence-corrected chi connectivity index (χ0v) is 13.0. The van der Waals surface area contributed by atoms with Gasteiger partial charge in [-0.15, -0.1) is 11.3 Å². The summed E-state index contributed by atoms with van der Waals surface area (Å²) in [6.07, 6.45) is 3.73. The van der Waals surface area contributed by atoms with Crippen molar-refractivity contribution in [1.29, 1.82) is 0 Å². The number of aromatic nitrogens is 1. The maximum atomic E-state index is 4.71. The molecule has 1 aromatic carbocycles. The van der Waals surface area contributed by atoms with Crippen LogP contribution in [0.25, 0.3) is 0 Å². The van der Waals surface area contributed by atoms with Crippen molar-refractivity contribution in [3.63, 3.8) is 0 Å². The average molecular weight is 286 g/mol. The molecule has 0 saturated heterocycles. The minimum absolute atomic E-state index is 0.529. The Hall–Kier alpha value is -1.19. The first kappa shape index (κ1) is 13.8. The van der Waals surface area contributed by atoms with Crippen LogP contribution in [-0.2, 0) is 6.42 Å². The molecule has 1 unspecified atom stereocenters. The Labute approximate surface area is 125 Å². The van der Waals surface area contributed by atoms with E-state index in [2.05, 4.69) is 49.5 Å². The summed E-state index contributed by atoms with van der Waals surface area (Å²) in [5.74, 6) is 0.529. The number of benzene rings is 1. The van der Waals surface area contributed by atoms with Crippen LogP contribution in [-0.4, -0.2) is 17.6 Å². The number of aryl methyl sites for hydroxylation is 2. The van der Waals surface area contributed by atoms with Crippen molar-refractivity contribution < 1.29 is 0 Å². The minimum Gasteiger partial charge on any atom is -0.313 e. The third kappa shape index (κ3) is 3.47. The summed E-state index contributed by atoms with van der Waals surface area (Å²) in [6, 6.07) is 11.6. The van der Waals surface area contributed by atoms with Crippen LogP contribution < -0.4 is 5.32 Å². The summed E-state index contributed by atoms with van der Waals surface area (Å²) in [5.41, 5.74) is 2.61. The van der Waals surface area contributed by atoms with Gasteiger partial charge >= 0.3 is 0 Å². The van der Waals surface area contributed by atoms with Crippen molar-refractivity contribution in [2.75, 3.05) is 6.54 Å². The molecule has 1 N–H and O–H groups in total. The van der Waals surface area contributed by atoms with E-state index in [1.165, 1.54) is 34.0 Å². The highest BCUT2D eigenvalue weighted by molar-refractivity contribution is 7.11. The average Bonchev–Trinajstić information content (AvgIpc) is 3.23. The van der Waals surface area contributed by atoms with E-state index in [4.69, 9.17) is 4.98 Å². The number of thiazole rings is 1. The van der Waals surface area contributed by atoms with Gasteiger partial charge in [0.25, 0.3) is 0 Å². The molecule has 1 atom stereocenters. The Kier molecular flexibility index (Phi) is 4.18.